The van der Waals surface area contributed by atoms with Crippen molar-refractivity contribution in [3.63, 3.8) is 0 Å². The quantitative estimate of drug-likeness (QED) is 0.881. The second-order valence-corrected chi connectivity index (χ2v) is 4.66. The molecule has 19 heavy (non-hydrogen) atoms. The molecular weight excluding hydrogens is 242 g/mol. The number of hydrogen-bond donors (Lipinski definition) is 2. The van der Waals surface area contributed by atoms with Crippen molar-refractivity contribution in [1.82, 2.24) is 4.98 Å². The lowest BCUT2D eigenvalue weighted by Gasteiger charge is -2.16. The van der Waals surface area contributed by atoms with Crippen LogP contribution in [0, 0.1) is 0 Å². The minimum atomic E-state index is -0.900. The molecule has 1 atom stereocenters. The van der Waals surface area contributed by atoms with Crippen molar-refractivity contribution in [2.75, 3.05) is 24.3 Å². The first-order valence-corrected chi connectivity index (χ1v) is 6.04. The maximum absolute atomic E-state index is 10.9. The van der Waals surface area contributed by atoms with Gasteiger partial charge in [0.05, 0.1) is 0 Å². The molecule has 0 spiro atoms. The Morgan fingerprint density at radius 3 is 2.74 bits per heavy atom. The minimum absolute atomic E-state index is 0.594. The van der Waals surface area contributed by atoms with E-state index in [0.717, 1.165) is 16.5 Å². The van der Waals surface area contributed by atoms with Crippen molar-refractivity contribution in [2.45, 2.75) is 13.0 Å². The minimum Gasteiger partial charge on any atom is -0.480 e. The fraction of sp³-hybridized carbons (Fsp3) is 0.286. The number of pyridine rings is 1. The number of nitrogens with one attached hydrogen (secondary N) is 1. The van der Waals surface area contributed by atoms with Gasteiger partial charge in [-0.1, -0.05) is 6.07 Å². The molecule has 0 amide bonds. The summed E-state index contributed by atoms with van der Waals surface area (Å²) in [4.78, 5) is 17.1. The Bertz CT molecular complexity index is 611. The zero-order chi connectivity index (χ0) is 14.0. The Hall–Kier alpha value is -2.30. The van der Waals surface area contributed by atoms with Crippen LogP contribution in [-0.4, -0.2) is 36.2 Å². The van der Waals surface area contributed by atoms with Crippen LogP contribution in [-0.2, 0) is 4.79 Å². The molecule has 0 saturated heterocycles. The Morgan fingerprint density at radius 1 is 1.37 bits per heavy atom. The van der Waals surface area contributed by atoms with Gasteiger partial charge in [0.1, 0.15) is 11.9 Å². The maximum atomic E-state index is 10.9. The van der Waals surface area contributed by atoms with E-state index in [0.29, 0.717) is 5.82 Å². The van der Waals surface area contributed by atoms with Gasteiger partial charge in [0.25, 0.3) is 0 Å². The monoisotopic (exact) mass is 259 g/mol. The number of aliphatic carboxylic acids is 1. The third-order valence-electron chi connectivity index (χ3n) is 2.99. The van der Waals surface area contributed by atoms with E-state index in [1.54, 1.807) is 13.1 Å². The highest BCUT2D eigenvalue weighted by molar-refractivity contribution is 5.95. The number of rotatable bonds is 4. The molecule has 1 aromatic carbocycles. The van der Waals surface area contributed by atoms with Crippen LogP contribution in [0.2, 0.25) is 0 Å². The third kappa shape index (κ3) is 2.76. The van der Waals surface area contributed by atoms with Crippen LogP contribution in [0.25, 0.3) is 10.8 Å². The van der Waals surface area contributed by atoms with E-state index < -0.39 is 12.0 Å². The smallest absolute Gasteiger partial charge is 0.325 e. The number of nitrogens with zero attached hydrogens (tertiary/aromatic N) is 2. The fourth-order valence-corrected chi connectivity index (χ4v) is 1.82. The van der Waals surface area contributed by atoms with Crippen LogP contribution in [0.4, 0.5) is 11.5 Å². The second kappa shape index (κ2) is 5.14. The lowest BCUT2D eigenvalue weighted by molar-refractivity contribution is -0.137. The lowest BCUT2D eigenvalue weighted by atomic mass is 10.1. The summed E-state index contributed by atoms with van der Waals surface area (Å²) in [5, 5.41) is 13.8. The van der Waals surface area contributed by atoms with E-state index in [9.17, 15) is 4.79 Å². The van der Waals surface area contributed by atoms with Crippen molar-refractivity contribution in [3.8, 4) is 0 Å². The number of benzene rings is 1. The predicted octanol–water partition coefficient (Wildman–Crippen LogP) is 2.19. The van der Waals surface area contributed by atoms with Crippen molar-refractivity contribution in [1.29, 1.82) is 0 Å². The molecule has 0 bridgehead atoms. The van der Waals surface area contributed by atoms with Crippen molar-refractivity contribution < 1.29 is 9.90 Å². The molecule has 2 N–H and O–H groups in total. The molecule has 0 aliphatic rings. The second-order valence-electron chi connectivity index (χ2n) is 4.66. The number of anilines is 2. The number of carboxylic acid groups (broad SMARTS) is 1. The molecule has 1 aromatic heterocycles. The SMILES string of the molecule is CC(Nc1nccc2ccc(N(C)C)cc12)C(=O)O. The van der Waals surface area contributed by atoms with Crippen LogP contribution < -0.4 is 10.2 Å². The van der Waals surface area contributed by atoms with Crippen LogP contribution in [0.1, 0.15) is 6.92 Å². The van der Waals surface area contributed by atoms with Gasteiger partial charge < -0.3 is 15.3 Å². The molecule has 1 unspecified atom stereocenters. The van der Waals surface area contributed by atoms with Crippen LogP contribution >= 0.6 is 0 Å². The predicted molar refractivity (Wildman–Crippen MR) is 76.8 cm³/mol. The molecule has 0 radical (unpaired) electrons. The highest BCUT2D eigenvalue weighted by atomic mass is 16.4. The highest BCUT2D eigenvalue weighted by Gasteiger charge is 2.13. The van der Waals surface area contributed by atoms with Gasteiger partial charge in [0, 0.05) is 31.4 Å². The molecule has 0 aliphatic heterocycles. The van der Waals surface area contributed by atoms with E-state index in [2.05, 4.69) is 10.3 Å². The Balaban J connectivity index is 2.48. The number of carbonyl (C=O) groups is 1. The molecule has 0 aliphatic carbocycles. The van der Waals surface area contributed by atoms with Crippen LogP contribution in [0.3, 0.4) is 0 Å². The Kier molecular flexibility index (Phi) is 3.55. The maximum Gasteiger partial charge on any atom is 0.325 e. The normalized spacial score (nSPS) is 12.2. The zero-order valence-corrected chi connectivity index (χ0v) is 11.2. The molecule has 5 nitrogen and oxygen atoms in total. The van der Waals surface area contributed by atoms with Gasteiger partial charge >= 0.3 is 5.97 Å². The van der Waals surface area contributed by atoms with Crippen LogP contribution in [0.15, 0.2) is 30.5 Å². The van der Waals surface area contributed by atoms with Crippen LogP contribution in [0.5, 0.6) is 0 Å². The number of hydrogen-bond acceptors (Lipinski definition) is 4. The lowest BCUT2D eigenvalue weighted by Crippen LogP contribution is -2.26. The van der Waals surface area contributed by atoms with E-state index in [1.807, 2.05) is 43.3 Å². The first-order chi connectivity index (χ1) is 8.99. The molecule has 2 aromatic rings. The molecule has 0 fully saturated rings. The summed E-state index contributed by atoms with van der Waals surface area (Å²) >= 11 is 0. The summed E-state index contributed by atoms with van der Waals surface area (Å²) in [6.07, 6.45) is 1.68. The summed E-state index contributed by atoms with van der Waals surface area (Å²) in [7, 11) is 3.93. The first-order valence-electron chi connectivity index (χ1n) is 6.04. The van der Waals surface area contributed by atoms with Gasteiger partial charge in [-0.2, -0.15) is 0 Å². The van der Waals surface area contributed by atoms with Crippen molar-refractivity contribution >= 4 is 28.2 Å². The Labute approximate surface area is 111 Å². The average molecular weight is 259 g/mol. The molecule has 2 rings (SSSR count). The van der Waals surface area contributed by atoms with Crippen molar-refractivity contribution in [2.24, 2.45) is 0 Å². The van der Waals surface area contributed by atoms with Gasteiger partial charge in [-0.25, -0.2) is 4.98 Å². The van der Waals surface area contributed by atoms with E-state index in [1.165, 1.54) is 0 Å². The molecule has 5 heteroatoms. The van der Waals surface area contributed by atoms with Gasteiger partial charge in [-0.15, -0.1) is 0 Å². The van der Waals surface area contributed by atoms with E-state index in [4.69, 9.17) is 5.11 Å². The first kappa shape index (κ1) is 13.1. The third-order valence-corrected chi connectivity index (χ3v) is 2.99. The standard InChI is InChI=1S/C14H17N3O2/c1-9(14(18)19)16-13-12-8-11(17(2)3)5-4-10(12)6-7-15-13/h4-9H,1-3H3,(H,15,16)(H,18,19). The average Bonchev–Trinajstić information content (AvgIpc) is 2.38. The van der Waals surface area contributed by atoms with Gasteiger partial charge in [-0.3, -0.25) is 4.79 Å². The summed E-state index contributed by atoms with van der Waals surface area (Å²) in [6.45, 7) is 1.60. The van der Waals surface area contributed by atoms with E-state index >= 15 is 0 Å². The topological polar surface area (TPSA) is 65.5 Å². The van der Waals surface area contributed by atoms with Gasteiger partial charge in [0.2, 0.25) is 0 Å². The number of fused-ring (bicyclic) bond motifs is 1. The van der Waals surface area contributed by atoms with Gasteiger partial charge in [-0.05, 0) is 30.5 Å². The van der Waals surface area contributed by atoms with Crippen molar-refractivity contribution in [3.05, 3.63) is 30.5 Å². The largest absolute Gasteiger partial charge is 0.480 e. The summed E-state index contributed by atoms with van der Waals surface area (Å²) < 4.78 is 0. The molecule has 1 heterocycles. The fourth-order valence-electron chi connectivity index (χ4n) is 1.82. The summed E-state index contributed by atoms with van der Waals surface area (Å²) in [5.41, 5.74) is 1.05. The van der Waals surface area contributed by atoms with E-state index in [-0.39, 0.29) is 0 Å². The van der Waals surface area contributed by atoms with Gasteiger partial charge in [0.15, 0.2) is 0 Å². The molecular formula is C14H17N3O2. The Morgan fingerprint density at radius 2 is 2.11 bits per heavy atom. The highest BCUT2D eigenvalue weighted by Crippen LogP contribution is 2.26. The molecule has 0 saturated carbocycles. The summed E-state index contributed by atoms with van der Waals surface area (Å²) in [5.74, 6) is -0.307. The zero-order valence-electron chi connectivity index (χ0n) is 11.2. The molecule has 100 valence electrons. The summed E-state index contributed by atoms with van der Waals surface area (Å²) in [6, 6.07) is 7.25. The number of carboxylic acids is 1. The number of aromatic nitrogens is 1.